The SMILES string of the molecule is Cc1ccc(NCCNCc2ccc3oc(=O)ccc3c2)cc1Cl.Cl. The van der Waals surface area contributed by atoms with Crippen molar-refractivity contribution in [2.45, 2.75) is 13.5 Å². The van der Waals surface area contributed by atoms with Crippen LogP contribution in [0.1, 0.15) is 11.1 Å². The Balaban J connectivity index is 0.00000225. The van der Waals surface area contributed by atoms with Crippen LogP contribution in [0.2, 0.25) is 5.02 Å². The molecular weight excluding hydrogens is 359 g/mol. The topological polar surface area (TPSA) is 54.3 Å². The summed E-state index contributed by atoms with van der Waals surface area (Å²) in [6, 6.07) is 15.0. The first-order valence-corrected chi connectivity index (χ1v) is 8.23. The number of halogens is 2. The van der Waals surface area contributed by atoms with E-state index in [4.69, 9.17) is 16.0 Å². The quantitative estimate of drug-likeness (QED) is 0.493. The van der Waals surface area contributed by atoms with E-state index in [-0.39, 0.29) is 18.0 Å². The van der Waals surface area contributed by atoms with E-state index in [1.165, 1.54) is 6.07 Å². The molecule has 0 spiro atoms. The number of aryl methyl sites for hydroxylation is 1. The summed E-state index contributed by atoms with van der Waals surface area (Å²) in [6.07, 6.45) is 0. The number of hydrogen-bond acceptors (Lipinski definition) is 4. The largest absolute Gasteiger partial charge is 0.423 e. The van der Waals surface area contributed by atoms with E-state index in [2.05, 4.69) is 10.6 Å². The Morgan fingerprint density at radius 3 is 2.68 bits per heavy atom. The van der Waals surface area contributed by atoms with Gasteiger partial charge in [-0.15, -0.1) is 12.4 Å². The van der Waals surface area contributed by atoms with Crippen molar-refractivity contribution < 1.29 is 4.42 Å². The third-order valence-corrected chi connectivity index (χ3v) is 4.22. The van der Waals surface area contributed by atoms with E-state index in [0.29, 0.717) is 5.58 Å². The summed E-state index contributed by atoms with van der Waals surface area (Å²) in [5.74, 6) is 0. The van der Waals surface area contributed by atoms with E-state index in [1.54, 1.807) is 6.07 Å². The number of fused-ring (bicyclic) bond motifs is 1. The molecule has 0 aliphatic carbocycles. The normalized spacial score (nSPS) is 10.5. The van der Waals surface area contributed by atoms with E-state index in [1.807, 2.05) is 43.3 Å². The second-order valence-corrected chi connectivity index (χ2v) is 6.10. The number of nitrogens with one attached hydrogen (secondary N) is 2. The monoisotopic (exact) mass is 378 g/mol. The van der Waals surface area contributed by atoms with Gasteiger partial charge in [0.2, 0.25) is 0 Å². The molecule has 3 aromatic rings. The summed E-state index contributed by atoms with van der Waals surface area (Å²) in [5, 5.41) is 8.43. The van der Waals surface area contributed by atoms with Crippen molar-refractivity contribution in [3.8, 4) is 0 Å². The van der Waals surface area contributed by atoms with E-state index < -0.39 is 0 Å². The molecule has 1 heterocycles. The molecule has 0 saturated heterocycles. The van der Waals surface area contributed by atoms with Gasteiger partial charge < -0.3 is 15.1 Å². The molecule has 0 bridgehead atoms. The van der Waals surface area contributed by atoms with Crippen LogP contribution in [0, 0.1) is 6.92 Å². The molecule has 0 atom stereocenters. The molecule has 0 saturated carbocycles. The fraction of sp³-hybridized carbons (Fsp3) is 0.211. The van der Waals surface area contributed by atoms with Crippen molar-refractivity contribution >= 4 is 40.7 Å². The first-order chi connectivity index (χ1) is 11.6. The third kappa shape index (κ3) is 5.23. The second kappa shape index (κ2) is 8.90. The maximum Gasteiger partial charge on any atom is 0.336 e. The fourth-order valence-electron chi connectivity index (χ4n) is 2.46. The van der Waals surface area contributed by atoms with Crippen molar-refractivity contribution in [3.63, 3.8) is 0 Å². The van der Waals surface area contributed by atoms with Crippen LogP contribution in [0.4, 0.5) is 5.69 Å². The first kappa shape index (κ1) is 19.3. The van der Waals surface area contributed by atoms with E-state index in [0.717, 1.165) is 46.9 Å². The lowest BCUT2D eigenvalue weighted by Crippen LogP contribution is -2.21. The highest BCUT2D eigenvalue weighted by Crippen LogP contribution is 2.19. The molecule has 25 heavy (non-hydrogen) atoms. The lowest BCUT2D eigenvalue weighted by molar-refractivity contribution is 0.561. The van der Waals surface area contributed by atoms with Crippen LogP contribution in [0.15, 0.2) is 57.7 Å². The van der Waals surface area contributed by atoms with Gasteiger partial charge in [0.05, 0.1) is 0 Å². The van der Waals surface area contributed by atoms with Crippen molar-refractivity contribution in [2.24, 2.45) is 0 Å². The average molecular weight is 379 g/mol. The molecule has 6 heteroatoms. The Bertz CT molecular complexity index is 909. The van der Waals surface area contributed by atoms with E-state index >= 15 is 0 Å². The van der Waals surface area contributed by atoms with Crippen LogP contribution in [-0.2, 0) is 6.54 Å². The summed E-state index contributed by atoms with van der Waals surface area (Å²) in [5.41, 5.74) is 3.54. The Morgan fingerprint density at radius 2 is 1.88 bits per heavy atom. The molecule has 4 nitrogen and oxygen atoms in total. The van der Waals surface area contributed by atoms with Gasteiger partial charge in [-0.2, -0.15) is 0 Å². The van der Waals surface area contributed by atoms with Crippen LogP contribution in [-0.4, -0.2) is 13.1 Å². The van der Waals surface area contributed by atoms with Gasteiger partial charge in [0.1, 0.15) is 5.58 Å². The zero-order valence-corrected chi connectivity index (χ0v) is 15.4. The number of hydrogen-bond donors (Lipinski definition) is 2. The summed E-state index contributed by atoms with van der Waals surface area (Å²) in [7, 11) is 0. The zero-order valence-electron chi connectivity index (χ0n) is 13.8. The minimum Gasteiger partial charge on any atom is -0.423 e. The second-order valence-electron chi connectivity index (χ2n) is 5.69. The van der Waals surface area contributed by atoms with Gasteiger partial charge in [-0.05, 0) is 48.4 Å². The molecule has 0 unspecified atom stereocenters. The molecule has 3 rings (SSSR count). The van der Waals surface area contributed by atoms with Crippen molar-refractivity contribution in [1.82, 2.24) is 5.32 Å². The number of anilines is 1. The van der Waals surface area contributed by atoms with Crippen LogP contribution in [0.25, 0.3) is 11.0 Å². The van der Waals surface area contributed by atoms with Crippen molar-refractivity contribution in [3.05, 3.63) is 75.1 Å². The highest BCUT2D eigenvalue weighted by atomic mass is 35.5. The summed E-state index contributed by atoms with van der Waals surface area (Å²) in [6.45, 7) is 4.38. The molecule has 0 fully saturated rings. The molecule has 1 aromatic heterocycles. The van der Waals surface area contributed by atoms with Crippen LogP contribution < -0.4 is 16.3 Å². The molecule has 0 aliphatic rings. The van der Waals surface area contributed by atoms with Gasteiger partial charge in [-0.25, -0.2) is 4.79 Å². The van der Waals surface area contributed by atoms with Crippen LogP contribution in [0.5, 0.6) is 0 Å². The van der Waals surface area contributed by atoms with Crippen LogP contribution in [0.3, 0.4) is 0 Å². The molecule has 132 valence electrons. The minimum absolute atomic E-state index is 0. The van der Waals surface area contributed by atoms with Gasteiger partial charge in [0.25, 0.3) is 0 Å². The van der Waals surface area contributed by atoms with Crippen molar-refractivity contribution in [2.75, 3.05) is 18.4 Å². The summed E-state index contributed by atoms with van der Waals surface area (Å²) >= 11 is 6.11. The molecule has 0 amide bonds. The standard InChI is InChI=1S/C19H19ClN2O2.ClH/c1-13-2-5-16(11-17(13)20)22-9-8-21-12-14-3-6-18-15(10-14)4-7-19(23)24-18;/h2-7,10-11,21-22H,8-9,12H2,1H3;1H. The van der Waals surface area contributed by atoms with Gasteiger partial charge in [-0.1, -0.05) is 23.7 Å². The van der Waals surface area contributed by atoms with E-state index in [9.17, 15) is 4.79 Å². The van der Waals surface area contributed by atoms with Crippen LogP contribution >= 0.6 is 24.0 Å². The predicted octanol–water partition coefficient (Wildman–Crippen LogP) is 4.38. The lowest BCUT2D eigenvalue weighted by Gasteiger charge is -2.09. The zero-order chi connectivity index (χ0) is 16.9. The smallest absolute Gasteiger partial charge is 0.336 e. The van der Waals surface area contributed by atoms with Gasteiger partial charge in [0.15, 0.2) is 0 Å². The number of benzene rings is 2. The highest BCUT2D eigenvalue weighted by Gasteiger charge is 2.00. The fourth-order valence-corrected chi connectivity index (χ4v) is 2.64. The average Bonchev–Trinajstić information content (AvgIpc) is 2.57. The molecule has 0 radical (unpaired) electrons. The Kier molecular flexibility index (Phi) is 6.88. The maximum absolute atomic E-state index is 11.2. The predicted molar refractivity (Wildman–Crippen MR) is 106 cm³/mol. The third-order valence-electron chi connectivity index (χ3n) is 3.82. The van der Waals surface area contributed by atoms with Gasteiger partial charge in [0, 0.05) is 41.8 Å². The highest BCUT2D eigenvalue weighted by molar-refractivity contribution is 6.31. The molecule has 2 aromatic carbocycles. The first-order valence-electron chi connectivity index (χ1n) is 7.85. The Hall–Kier alpha value is -2.01. The lowest BCUT2D eigenvalue weighted by atomic mass is 10.1. The number of rotatable bonds is 6. The Morgan fingerprint density at radius 1 is 1.04 bits per heavy atom. The van der Waals surface area contributed by atoms with Crippen molar-refractivity contribution in [1.29, 1.82) is 0 Å². The Labute approximate surface area is 157 Å². The summed E-state index contributed by atoms with van der Waals surface area (Å²) < 4.78 is 5.13. The maximum atomic E-state index is 11.2. The minimum atomic E-state index is -0.323. The van der Waals surface area contributed by atoms with Gasteiger partial charge in [-0.3, -0.25) is 0 Å². The van der Waals surface area contributed by atoms with Gasteiger partial charge >= 0.3 is 5.63 Å². The summed E-state index contributed by atoms with van der Waals surface area (Å²) in [4.78, 5) is 11.2. The molecule has 2 N–H and O–H groups in total. The molecular formula is C19H20Cl2N2O2. The molecule has 0 aliphatic heterocycles.